The van der Waals surface area contributed by atoms with Crippen LogP contribution in [0.25, 0.3) is 10.9 Å². The fourth-order valence-electron chi connectivity index (χ4n) is 5.15. The van der Waals surface area contributed by atoms with E-state index in [0.29, 0.717) is 6.54 Å². The maximum atomic E-state index is 12.2. The topological polar surface area (TPSA) is 65.9 Å². The number of thioether (sulfide) groups is 1. The Morgan fingerprint density at radius 3 is 2.91 bits per heavy atom. The van der Waals surface area contributed by atoms with E-state index in [0.717, 1.165) is 54.8 Å². The van der Waals surface area contributed by atoms with Gasteiger partial charge in [-0.25, -0.2) is 0 Å². The molecule has 1 N–H and O–H groups in total. The zero-order chi connectivity index (χ0) is 24.8. The van der Waals surface area contributed by atoms with E-state index < -0.39 is 5.97 Å². The second-order valence-corrected chi connectivity index (χ2v) is 11.8. The number of hydrogen-bond donors (Lipinski definition) is 1. The number of hydrogen-bond acceptors (Lipinski definition) is 7. The van der Waals surface area contributed by atoms with E-state index in [9.17, 15) is 9.90 Å². The van der Waals surface area contributed by atoms with E-state index in [1.54, 1.807) is 18.4 Å². The van der Waals surface area contributed by atoms with Crippen molar-refractivity contribution in [1.82, 2.24) is 14.8 Å². The van der Waals surface area contributed by atoms with Crippen molar-refractivity contribution in [2.24, 2.45) is 11.8 Å². The van der Waals surface area contributed by atoms with Gasteiger partial charge in [0.15, 0.2) is 0 Å². The lowest BCUT2D eigenvalue weighted by Crippen LogP contribution is -2.44. The monoisotopic (exact) mass is 513 g/mol. The van der Waals surface area contributed by atoms with Gasteiger partial charge in [-0.1, -0.05) is 6.07 Å². The summed E-state index contributed by atoms with van der Waals surface area (Å²) in [5.74, 6) is 1.04. The Kier molecular flexibility index (Phi) is 9.05. The van der Waals surface area contributed by atoms with Gasteiger partial charge in [0.2, 0.25) is 0 Å². The normalized spacial score (nSPS) is 19.8. The maximum Gasteiger partial charge on any atom is 0.308 e. The molecule has 6 nitrogen and oxygen atoms in total. The van der Waals surface area contributed by atoms with Gasteiger partial charge in [0.05, 0.1) is 22.8 Å². The second kappa shape index (κ2) is 12.2. The lowest BCUT2D eigenvalue weighted by Gasteiger charge is -2.37. The van der Waals surface area contributed by atoms with Crippen molar-refractivity contribution < 1.29 is 14.6 Å². The third-order valence-corrected chi connectivity index (χ3v) is 9.19. The molecule has 4 rings (SSSR count). The Morgan fingerprint density at radius 2 is 2.20 bits per heavy atom. The molecule has 1 aliphatic rings. The van der Waals surface area contributed by atoms with Gasteiger partial charge in [0.25, 0.3) is 0 Å². The molecule has 1 aromatic carbocycles. The molecule has 0 saturated carbocycles. The number of fused-ring (bicyclic) bond motifs is 1. The average molecular weight is 514 g/mol. The molecule has 1 saturated heterocycles. The molecule has 3 atom stereocenters. The molecule has 0 aliphatic carbocycles. The van der Waals surface area contributed by atoms with Crippen molar-refractivity contribution in [3.63, 3.8) is 0 Å². The number of aromatic nitrogens is 1. The second-order valence-electron chi connectivity index (χ2n) is 9.41. The molecule has 1 fully saturated rings. The molecule has 8 heteroatoms. The van der Waals surface area contributed by atoms with Gasteiger partial charge in [-0.2, -0.15) is 0 Å². The maximum absolute atomic E-state index is 12.2. The number of pyridine rings is 1. The number of thiophene rings is 1. The summed E-state index contributed by atoms with van der Waals surface area (Å²) in [6.45, 7) is 2.55. The first-order chi connectivity index (χ1) is 17.0. The fraction of sp³-hybridized carbons (Fsp3) is 0.481. The predicted molar refractivity (Wildman–Crippen MR) is 145 cm³/mol. The van der Waals surface area contributed by atoms with E-state index in [1.165, 1.54) is 9.77 Å². The van der Waals surface area contributed by atoms with Crippen molar-refractivity contribution in [3.05, 3.63) is 53.5 Å². The molecule has 1 unspecified atom stereocenters. The Balaban J connectivity index is 1.41. The standard InChI is InChI=1S/C27H35N3O3S2/c1-29(2)25(21-10-12-28-24-8-7-20(33-3)17-22(21)24)9-6-19-11-13-30(18-23(19)27(31)32)14-16-35-26-5-4-15-34-26/h4-5,7-8,10,12,15,17,19,23,25H,6,9,11,13-14,16,18H2,1-3H3,(H,31,32)/t19-,23+,25?/m1/s1. The first-order valence-electron chi connectivity index (χ1n) is 12.2. The molecule has 1 aliphatic heterocycles. The molecule has 3 aromatic rings. The fourth-order valence-corrected chi connectivity index (χ4v) is 7.01. The first-order valence-corrected chi connectivity index (χ1v) is 14.0. The van der Waals surface area contributed by atoms with E-state index in [-0.39, 0.29) is 17.9 Å². The van der Waals surface area contributed by atoms with Gasteiger partial charge in [-0.05, 0) is 87.1 Å². The Morgan fingerprint density at radius 1 is 1.34 bits per heavy atom. The van der Waals surface area contributed by atoms with Crippen LogP contribution < -0.4 is 4.74 Å². The number of methoxy groups -OCH3 is 1. The van der Waals surface area contributed by atoms with Crippen LogP contribution >= 0.6 is 23.1 Å². The number of piperidine rings is 1. The van der Waals surface area contributed by atoms with E-state index in [1.807, 2.05) is 30.1 Å². The molecule has 0 radical (unpaired) electrons. The number of aliphatic carboxylic acids is 1. The van der Waals surface area contributed by atoms with Crippen LogP contribution in [-0.2, 0) is 4.79 Å². The Labute approximate surface area is 216 Å². The highest BCUT2D eigenvalue weighted by molar-refractivity contribution is 8.01. The Hall–Kier alpha value is -2.13. The highest BCUT2D eigenvalue weighted by Gasteiger charge is 2.34. The van der Waals surface area contributed by atoms with Crippen LogP contribution in [0.5, 0.6) is 5.75 Å². The number of benzene rings is 1. The number of rotatable bonds is 11. The summed E-state index contributed by atoms with van der Waals surface area (Å²) in [4.78, 5) is 21.3. The Bertz CT molecular complexity index is 1110. The molecule has 0 bridgehead atoms. The van der Waals surface area contributed by atoms with Crippen LogP contribution in [-0.4, -0.2) is 72.5 Å². The number of carboxylic acid groups (broad SMARTS) is 1. The average Bonchev–Trinajstić information content (AvgIpc) is 3.37. The summed E-state index contributed by atoms with van der Waals surface area (Å²) in [6.07, 6.45) is 4.61. The van der Waals surface area contributed by atoms with Crippen molar-refractivity contribution in [1.29, 1.82) is 0 Å². The van der Waals surface area contributed by atoms with Crippen LogP contribution in [0.2, 0.25) is 0 Å². The van der Waals surface area contributed by atoms with Gasteiger partial charge in [-0.15, -0.1) is 23.1 Å². The summed E-state index contributed by atoms with van der Waals surface area (Å²) in [5.41, 5.74) is 2.17. The number of nitrogens with zero attached hydrogens (tertiary/aromatic N) is 3. The van der Waals surface area contributed by atoms with Crippen molar-refractivity contribution in [3.8, 4) is 5.75 Å². The molecule has 0 spiro atoms. The zero-order valence-electron chi connectivity index (χ0n) is 20.7. The minimum absolute atomic E-state index is 0.183. The van der Waals surface area contributed by atoms with Crippen molar-refractivity contribution in [2.45, 2.75) is 29.5 Å². The summed E-state index contributed by atoms with van der Waals surface area (Å²) >= 11 is 3.62. The molecule has 3 heterocycles. The third-order valence-electron chi connectivity index (χ3n) is 7.08. The smallest absolute Gasteiger partial charge is 0.308 e. The number of carboxylic acids is 1. The molecular weight excluding hydrogens is 478 g/mol. The van der Waals surface area contributed by atoms with Gasteiger partial charge < -0.3 is 19.6 Å². The quantitative estimate of drug-likeness (QED) is 0.340. The highest BCUT2D eigenvalue weighted by Crippen LogP contribution is 2.36. The lowest BCUT2D eigenvalue weighted by molar-refractivity contribution is -0.146. The predicted octanol–water partition coefficient (Wildman–Crippen LogP) is 5.50. The van der Waals surface area contributed by atoms with Crippen LogP contribution in [0.4, 0.5) is 0 Å². The largest absolute Gasteiger partial charge is 0.497 e. The SMILES string of the molecule is COc1ccc2nccc(C(CC[C@@H]3CCN(CCSc4cccs4)C[C@@H]3C(=O)O)N(C)C)c2c1. The number of ether oxygens (including phenoxy) is 1. The number of carbonyl (C=O) groups is 1. The molecule has 2 aromatic heterocycles. The highest BCUT2D eigenvalue weighted by atomic mass is 32.2. The van der Waals surface area contributed by atoms with Crippen LogP contribution in [0, 0.1) is 11.8 Å². The summed E-state index contributed by atoms with van der Waals surface area (Å²) < 4.78 is 6.78. The zero-order valence-corrected chi connectivity index (χ0v) is 22.4. The molecule has 0 amide bonds. The van der Waals surface area contributed by atoms with Gasteiger partial charge in [0, 0.05) is 36.5 Å². The summed E-state index contributed by atoms with van der Waals surface area (Å²) in [7, 11) is 5.87. The molecule has 188 valence electrons. The van der Waals surface area contributed by atoms with Gasteiger partial charge >= 0.3 is 5.97 Å². The minimum atomic E-state index is -0.661. The van der Waals surface area contributed by atoms with Gasteiger partial charge in [0.1, 0.15) is 5.75 Å². The third kappa shape index (κ3) is 6.55. The minimum Gasteiger partial charge on any atom is -0.497 e. The van der Waals surface area contributed by atoms with Crippen molar-refractivity contribution in [2.75, 3.05) is 46.6 Å². The van der Waals surface area contributed by atoms with Gasteiger partial charge in [-0.3, -0.25) is 9.78 Å². The van der Waals surface area contributed by atoms with Crippen molar-refractivity contribution >= 4 is 40.0 Å². The van der Waals surface area contributed by atoms with Crippen LogP contribution in [0.15, 0.2) is 52.2 Å². The summed E-state index contributed by atoms with van der Waals surface area (Å²) in [6, 6.07) is 12.5. The summed E-state index contributed by atoms with van der Waals surface area (Å²) in [5, 5.41) is 13.2. The van der Waals surface area contributed by atoms with Crippen LogP contribution in [0.3, 0.4) is 0 Å². The first kappa shape index (κ1) is 25.9. The molecular formula is C27H35N3O3S2. The molecule has 35 heavy (non-hydrogen) atoms. The van der Waals surface area contributed by atoms with E-state index in [2.05, 4.69) is 58.5 Å². The van der Waals surface area contributed by atoms with E-state index in [4.69, 9.17) is 4.74 Å². The van der Waals surface area contributed by atoms with Crippen LogP contribution in [0.1, 0.15) is 30.9 Å². The lowest BCUT2D eigenvalue weighted by atomic mass is 9.80. The number of likely N-dealkylation sites (tertiary alicyclic amines) is 1. The van der Waals surface area contributed by atoms with E-state index >= 15 is 0 Å².